The smallest absolute Gasteiger partial charge is 0.253 e. The van der Waals surface area contributed by atoms with Crippen molar-refractivity contribution < 1.29 is 13.2 Å². The van der Waals surface area contributed by atoms with Gasteiger partial charge >= 0.3 is 0 Å². The highest BCUT2D eigenvalue weighted by molar-refractivity contribution is 7.92. The van der Waals surface area contributed by atoms with Crippen molar-refractivity contribution in [2.24, 2.45) is 0 Å². The molecule has 7 nitrogen and oxygen atoms in total. The van der Waals surface area contributed by atoms with Gasteiger partial charge in [0.1, 0.15) is 0 Å². The van der Waals surface area contributed by atoms with Crippen LogP contribution in [0.4, 0.5) is 5.69 Å². The van der Waals surface area contributed by atoms with Gasteiger partial charge in [0.15, 0.2) is 0 Å². The van der Waals surface area contributed by atoms with Crippen molar-refractivity contribution >= 4 is 32.7 Å². The van der Waals surface area contributed by atoms with E-state index in [2.05, 4.69) is 21.6 Å². The van der Waals surface area contributed by atoms with E-state index in [1.165, 1.54) is 11.6 Å². The molecule has 0 atom stereocenters. The van der Waals surface area contributed by atoms with Crippen LogP contribution in [0.15, 0.2) is 61.4 Å². The number of hydrogen-bond donors (Lipinski definition) is 2. The summed E-state index contributed by atoms with van der Waals surface area (Å²) in [7, 11) is -3.48. The molecule has 0 saturated heterocycles. The van der Waals surface area contributed by atoms with Crippen LogP contribution in [0.1, 0.15) is 15.9 Å². The molecule has 3 aromatic rings. The van der Waals surface area contributed by atoms with E-state index in [1.807, 2.05) is 34.9 Å². The number of carbonyl (C=O) groups is 1. The number of benzene rings is 2. The van der Waals surface area contributed by atoms with Crippen LogP contribution in [0.3, 0.4) is 0 Å². The normalized spacial score (nSPS) is 11.3. The lowest BCUT2D eigenvalue weighted by molar-refractivity contribution is 0.0959. The van der Waals surface area contributed by atoms with E-state index >= 15 is 0 Å². The highest BCUT2D eigenvalue weighted by Crippen LogP contribution is 2.24. The van der Waals surface area contributed by atoms with E-state index in [4.69, 9.17) is 0 Å². The van der Waals surface area contributed by atoms with Gasteiger partial charge in [-0.3, -0.25) is 9.52 Å². The average molecular weight is 398 g/mol. The SMILES string of the molecule is C=CCNC(=O)c1cc(NS(C)(=O)=O)cc2ncn(CCc3ccccc3)c12. The maximum absolute atomic E-state index is 12.7. The Balaban J connectivity index is 2.01. The highest BCUT2D eigenvalue weighted by atomic mass is 32.2. The van der Waals surface area contributed by atoms with Gasteiger partial charge in [0.05, 0.1) is 34.9 Å². The van der Waals surface area contributed by atoms with E-state index in [0.717, 1.165) is 12.7 Å². The quantitative estimate of drug-likeness (QED) is 0.571. The molecule has 0 saturated carbocycles. The predicted octanol–water partition coefficient (Wildman–Crippen LogP) is 2.57. The molecular weight excluding hydrogens is 376 g/mol. The van der Waals surface area contributed by atoms with Gasteiger partial charge in [-0.2, -0.15) is 0 Å². The second-order valence-corrected chi connectivity index (χ2v) is 8.19. The molecule has 0 spiro atoms. The number of hydrogen-bond acceptors (Lipinski definition) is 4. The summed E-state index contributed by atoms with van der Waals surface area (Å²) in [5, 5.41) is 2.75. The average Bonchev–Trinajstić information content (AvgIpc) is 3.06. The molecule has 0 aliphatic heterocycles. The molecule has 1 amide bonds. The fourth-order valence-corrected chi connectivity index (χ4v) is 3.52. The number of anilines is 1. The van der Waals surface area contributed by atoms with E-state index < -0.39 is 10.0 Å². The van der Waals surface area contributed by atoms with Crippen LogP contribution in [-0.2, 0) is 23.0 Å². The second-order valence-electron chi connectivity index (χ2n) is 6.44. The first-order chi connectivity index (χ1) is 13.4. The van der Waals surface area contributed by atoms with Gasteiger partial charge in [-0.05, 0) is 24.1 Å². The van der Waals surface area contributed by atoms with E-state index in [9.17, 15) is 13.2 Å². The number of amides is 1. The summed E-state index contributed by atoms with van der Waals surface area (Å²) in [4.78, 5) is 17.1. The number of aromatic nitrogens is 2. The second kappa shape index (κ2) is 8.26. The van der Waals surface area contributed by atoms with Crippen LogP contribution in [-0.4, -0.2) is 36.7 Å². The third-order valence-corrected chi connectivity index (χ3v) is 4.76. The van der Waals surface area contributed by atoms with Gasteiger partial charge in [-0.1, -0.05) is 36.4 Å². The van der Waals surface area contributed by atoms with Crippen molar-refractivity contribution in [3.05, 3.63) is 72.6 Å². The molecule has 146 valence electrons. The van der Waals surface area contributed by atoms with Gasteiger partial charge in [0.2, 0.25) is 10.0 Å². The molecule has 0 aliphatic rings. The Kier molecular flexibility index (Phi) is 5.79. The summed E-state index contributed by atoms with van der Waals surface area (Å²) < 4.78 is 27.5. The maximum Gasteiger partial charge on any atom is 0.253 e. The zero-order chi connectivity index (χ0) is 20.1. The summed E-state index contributed by atoms with van der Waals surface area (Å²) in [6.07, 6.45) is 5.10. The fraction of sp³-hybridized carbons (Fsp3) is 0.200. The van der Waals surface area contributed by atoms with Crippen LogP contribution in [0, 0.1) is 0 Å². The Labute approximate surface area is 164 Å². The van der Waals surface area contributed by atoms with Crippen LogP contribution < -0.4 is 10.0 Å². The van der Waals surface area contributed by atoms with E-state index in [-0.39, 0.29) is 5.91 Å². The number of fused-ring (bicyclic) bond motifs is 1. The predicted molar refractivity (Wildman–Crippen MR) is 111 cm³/mol. The Morgan fingerprint density at radius 1 is 1.25 bits per heavy atom. The lowest BCUT2D eigenvalue weighted by atomic mass is 10.1. The van der Waals surface area contributed by atoms with Gasteiger partial charge < -0.3 is 9.88 Å². The minimum Gasteiger partial charge on any atom is -0.349 e. The molecule has 28 heavy (non-hydrogen) atoms. The molecule has 2 aromatic carbocycles. The number of carbonyl (C=O) groups excluding carboxylic acids is 1. The minimum absolute atomic E-state index is 0.298. The third kappa shape index (κ3) is 4.77. The summed E-state index contributed by atoms with van der Waals surface area (Å²) >= 11 is 0. The van der Waals surface area contributed by atoms with Crippen LogP contribution in [0.5, 0.6) is 0 Å². The molecule has 2 N–H and O–H groups in total. The lowest BCUT2D eigenvalue weighted by Crippen LogP contribution is -2.24. The number of rotatable bonds is 8. The topological polar surface area (TPSA) is 93.1 Å². The van der Waals surface area contributed by atoms with Crippen molar-refractivity contribution in [1.82, 2.24) is 14.9 Å². The minimum atomic E-state index is -3.48. The Morgan fingerprint density at radius 3 is 2.68 bits per heavy atom. The lowest BCUT2D eigenvalue weighted by Gasteiger charge is -2.12. The number of imidazole rings is 1. The van der Waals surface area contributed by atoms with Gasteiger partial charge in [-0.25, -0.2) is 13.4 Å². The standard InChI is InChI=1S/C20H22N4O3S/c1-3-10-21-20(25)17-12-16(23-28(2,26)27)13-18-19(17)24(14-22-18)11-9-15-7-5-4-6-8-15/h3-8,12-14,23H,1,9-11H2,2H3,(H,21,25). The zero-order valence-electron chi connectivity index (χ0n) is 15.6. The molecule has 1 heterocycles. The van der Waals surface area contributed by atoms with E-state index in [0.29, 0.717) is 35.4 Å². The Bertz CT molecular complexity index is 1110. The summed E-state index contributed by atoms with van der Waals surface area (Å²) in [6, 6.07) is 13.2. The zero-order valence-corrected chi connectivity index (χ0v) is 16.4. The Hall–Kier alpha value is -3.13. The summed E-state index contributed by atoms with van der Waals surface area (Å²) in [5.74, 6) is -0.316. The van der Waals surface area contributed by atoms with Crippen molar-refractivity contribution in [3.8, 4) is 0 Å². The van der Waals surface area contributed by atoms with Crippen molar-refractivity contribution in [2.75, 3.05) is 17.5 Å². The van der Waals surface area contributed by atoms with Gasteiger partial charge in [0, 0.05) is 13.1 Å². The van der Waals surface area contributed by atoms with Gasteiger partial charge in [-0.15, -0.1) is 6.58 Å². The fourth-order valence-electron chi connectivity index (χ4n) is 2.98. The Morgan fingerprint density at radius 2 is 2.00 bits per heavy atom. The first kappa shape index (κ1) is 19.6. The van der Waals surface area contributed by atoms with E-state index in [1.54, 1.807) is 18.5 Å². The molecule has 0 fully saturated rings. The van der Waals surface area contributed by atoms with Crippen molar-refractivity contribution in [3.63, 3.8) is 0 Å². The molecule has 3 rings (SSSR count). The molecular formula is C20H22N4O3S. The van der Waals surface area contributed by atoms with Crippen molar-refractivity contribution in [2.45, 2.75) is 13.0 Å². The molecule has 0 radical (unpaired) electrons. The van der Waals surface area contributed by atoms with Crippen molar-refractivity contribution in [1.29, 1.82) is 0 Å². The van der Waals surface area contributed by atoms with Crippen LogP contribution >= 0.6 is 0 Å². The molecule has 8 heteroatoms. The number of aryl methyl sites for hydroxylation is 2. The molecule has 0 unspecified atom stereocenters. The molecule has 0 bridgehead atoms. The van der Waals surface area contributed by atoms with Crippen LogP contribution in [0.2, 0.25) is 0 Å². The molecule has 0 aliphatic carbocycles. The van der Waals surface area contributed by atoms with Gasteiger partial charge in [0.25, 0.3) is 5.91 Å². The third-order valence-electron chi connectivity index (χ3n) is 4.15. The van der Waals surface area contributed by atoms with Crippen LogP contribution in [0.25, 0.3) is 11.0 Å². The number of nitrogens with zero attached hydrogens (tertiary/aromatic N) is 2. The number of nitrogens with one attached hydrogen (secondary N) is 2. The first-order valence-corrected chi connectivity index (χ1v) is 10.7. The first-order valence-electron chi connectivity index (χ1n) is 8.77. The maximum atomic E-state index is 12.7. The summed E-state index contributed by atoms with van der Waals surface area (Å²) in [5.41, 5.74) is 3.04. The number of sulfonamides is 1. The summed E-state index contributed by atoms with van der Waals surface area (Å²) in [6.45, 7) is 4.55. The molecule has 1 aromatic heterocycles. The monoisotopic (exact) mass is 398 g/mol. The largest absolute Gasteiger partial charge is 0.349 e. The highest BCUT2D eigenvalue weighted by Gasteiger charge is 2.17.